The molecule has 2 rings (SSSR count). The van der Waals surface area contributed by atoms with Crippen LogP contribution in [0.5, 0.6) is 5.75 Å². The molecule has 1 aromatic rings. The fourth-order valence-corrected chi connectivity index (χ4v) is 2.17. The third-order valence-corrected chi connectivity index (χ3v) is 3.32. The van der Waals surface area contributed by atoms with Crippen LogP contribution in [0.3, 0.4) is 0 Å². The topological polar surface area (TPSA) is 41.5 Å². The summed E-state index contributed by atoms with van der Waals surface area (Å²) < 4.78 is 5.81. The number of anilines is 1. The molecule has 18 heavy (non-hydrogen) atoms. The summed E-state index contributed by atoms with van der Waals surface area (Å²) >= 11 is 0. The first-order valence-corrected chi connectivity index (χ1v) is 6.69. The molecule has 100 valence electrons. The molecule has 0 saturated carbocycles. The molecule has 0 aliphatic carbocycles. The van der Waals surface area contributed by atoms with Crippen molar-refractivity contribution in [2.45, 2.75) is 51.7 Å². The van der Waals surface area contributed by atoms with Crippen molar-refractivity contribution in [2.75, 3.05) is 11.9 Å². The van der Waals surface area contributed by atoms with Gasteiger partial charge in [0, 0.05) is 12.5 Å². The predicted octanol–water partition coefficient (Wildman–Crippen LogP) is 2.97. The van der Waals surface area contributed by atoms with Crippen LogP contribution in [0.25, 0.3) is 0 Å². The molecular formula is C15H23NO2. The molecule has 3 heteroatoms. The summed E-state index contributed by atoms with van der Waals surface area (Å²) in [4.78, 5) is 0. The van der Waals surface area contributed by atoms with Crippen molar-refractivity contribution < 1.29 is 9.84 Å². The van der Waals surface area contributed by atoms with E-state index >= 15 is 0 Å². The highest BCUT2D eigenvalue weighted by Crippen LogP contribution is 2.34. The van der Waals surface area contributed by atoms with E-state index in [2.05, 4.69) is 18.3 Å². The van der Waals surface area contributed by atoms with Gasteiger partial charge in [0.15, 0.2) is 0 Å². The van der Waals surface area contributed by atoms with Crippen LogP contribution < -0.4 is 10.1 Å². The normalized spacial score (nSPS) is 19.0. The number of fused-ring (bicyclic) bond motifs is 1. The first-order valence-electron chi connectivity index (χ1n) is 6.69. The zero-order valence-corrected chi connectivity index (χ0v) is 11.5. The maximum absolute atomic E-state index is 9.68. The molecule has 0 bridgehead atoms. The number of aryl methyl sites for hydroxylation is 1. The Bertz CT molecular complexity index is 409. The number of para-hydroxylation sites is 1. The Kier molecular flexibility index (Phi) is 3.81. The summed E-state index contributed by atoms with van der Waals surface area (Å²) in [6.45, 7) is 6.33. The van der Waals surface area contributed by atoms with Gasteiger partial charge in [-0.3, -0.25) is 0 Å². The molecule has 1 heterocycles. The average molecular weight is 249 g/mol. The van der Waals surface area contributed by atoms with Crippen molar-refractivity contribution in [3.63, 3.8) is 0 Å². The number of hydrogen-bond donors (Lipinski definition) is 2. The summed E-state index contributed by atoms with van der Waals surface area (Å²) in [7, 11) is 0. The lowest BCUT2D eigenvalue weighted by atomic mass is 9.98. The van der Waals surface area contributed by atoms with Gasteiger partial charge in [-0.2, -0.15) is 0 Å². The van der Waals surface area contributed by atoms with E-state index in [9.17, 15) is 5.11 Å². The number of nitrogens with one attached hydrogen (secondary N) is 1. The molecule has 0 spiro atoms. The smallest absolute Gasteiger partial charge is 0.142 e. The van der Waals surface area contributed by atoms with E-state index in [-0.39, 0.29) is 0 Å². The van der Waals surface area contributed by atoms with E-state index < -0.39 is 5.60 Å². The summed E-state index contributed by atoms with van der Waals surface area (Å²) in [6.07, 6.45) is 2.90. The van der Waals surface area contributed by atoms with E-state index in [1.54, 1.807) is 13.8 Å². The second kappa shape index (κ2) is 5.19. The monoisotopic (exact) mass is 249 g/mol. The van der Waals surface area contributed by atoms with Crippen molar-refractivity contribution in [3.8, 4) is 5.75 Å². The van der Waals surface area contributed by atoms with E-state index in [1.165, 1.54) is 12.0 Å². The van der Waals surface area contributed by atoms with Gasteiger partial charge in [-0.05, 0) is 45.2 Å². The minimum atomic E-state index is -0.671. The third-order valence-electron chi connectivity index (χ3n) is 3.32. The molecule has 1 aliphatic heterocycles. The molecule has 0 saturated heterocycles. The van der Waals surface area contributed by atoms with Crippen LogP contribution in [0.15, 0.2) is 18.2 Å². The molecule has 0 amide bonds. The second-order valence-corrected chi connectivity index (χ2v) is 5.79. The zero-order valence-electron chi connectivity index (χ0n) is 11.5. The van der Waals surface area contributed by atoms with Gasteiger partial charge in [0.2, 0.25) is 0 Å². The van der Waals surface area contributed by atoms with Crippen LogP contribution in [0, 0.1) is 0 Å². The Morgan fingerprint density at radius 3 is 2.94 bits per heavy atom. The molecule has 3 nitrogen and oxygen atoms in total. The van der Waals surface area contributed by atoms with Gasteiger partial charge in [0.05, 0.1) is 17.9 Å². The molecule has 1 aromatic carbocycles. The Balaban J connectivity index is 2.05. The lowest BCUT2D eigenvalue weighted by Gasteiger charge is -2.26. The largest absolute Gasteiger partial charge is 0.491 e. The van der Waals surface area contributed by atoms with Gasteiger partial charge < -0.3 is 15.2 Å². The van der Waals surface area contributed by atoms with Gasteiger partial charge in [-0.25, -0.2) is 0 Å². The van der Waals surface area contributed by atoms with Crippen LogP contribution >= 0.6 is 0 Å². The fraction of sp³-hybridized carbons (Fsp3) is 0.600. The average Bonchev–Trinajstić information content (AvgIpc) is 2.28. The van der Waals surface area contributed by atoms with Crippen molar-refractivity contribution >= 4 is 5.69 Å². The van der Waals surface area contributed by atoms with Crippen molar-refractivity contribution in [1.29, 1.82) is 0 Å². The van der Waals surface area contributed by atoms with Gasteiger partial charge in [-0.1, -0.05) is 12.1 Å². The van der Waals surface area contributed by atoms with Crippen LogP contribution in [0.2, 0.25) is 0 Å². The highest BCUT2D eigenvalue weighted by molar-refractivity contribution is 5.63. The lowest BCUT2D eigenvalue weighted by Crippen LogP contribution is -2.24. The van der Waals surface area contributed by atoms with E-state index in [4.69, 9.17) is 4.74 Å². The summed E-state index contributed by atoms with van der Waals surface area (Å²) in [6, 6.07) is 6.68. The SMILES string of the molecule is CC1CCc2cccc(OCCC(C)(C)O)c2N1. The first kappa shape index (κ1) is 13.2. The Hall–Kier alpha value is -1.22. The van der Waals surface area contributed by atoms with E-state index in [0.29, 0.717) is 19.1 Å². The third kappa shape index (κ3) is 3.39. The highest BCUT2D eigenvalue weighted by atomic mass is 16.5. The minimum Gasteiger partial charge on any atom is -0.491 e. The molecule has 0 radical (unpaired) electrons. The first-order chi connectivity index (χ1) is 8.46. The molecule has 1 aliphatic rings. The van der Waals surface area contributed by atoms with Crippen molar-refractivity contribution in [3.05, 3.63) is 23.8 Å². The van der Waals surface area contributed by atoms with E-state index in [0.717, 1.165) is 17.9 Å². The van der Waals surface area contributed by atoms with Crippen LogP contribution in [0.1, 0.15) is 39.2 Å². The number of aliphatic hydroxyl groups is 1. The summed E-state index contributed by atoms with van der Waals surface area (Å²) in [5.41, 5.74) is 1.79. The van der Waals surface area contributed by atoms with Gasteiger partial charge >= 0.3 is 0 Å². The Labute approximate surface area is 109 Å². The molecule has 2 N–H and O–H groups in total. The van der Waals surface area contributed by atoms with Crippen LogP contribution in [-0.2, 0) is 6.42 Å². The number of hydrogen-bond acceptors (Lipinski definition) is 3. The number of ether oxygens (including phenoxy) is 1. The fourth-order valence-electron chi connectivity index (χ4n) is 2.17. The summed E-state index contributed by atoms with van der Waals surface area (Å²) in [5, 5.41) is 13.2. The number of rotatable bonds is 4. The summed E-state index contributed by atoms with van der Waals surface area (Å²) in [5.74, 6) is 0.906. The van der Waals surface area contributed by atoms with Gasteiger partial charge in [0.25, 0.3) is 0 Å². The maximum Gasteiger partial charge on any atom is 0.142 e. The molecule has 1 atom stereocenters. The Morgan fingerprint density at radius 1 is 1.44 bits per heavy atom. The van der Waals surface area contributed by atoms with Gasteiger partial charge in [-0.15, -0.1) is 0 Å². The van der Waals surface area contributed by atoms with Crippen molar-refractivity contribution in [1.82, 2.24) is 0 Å². The molecule has 0 aromatic heterocycles. The van der Waals surface area contributed by atoms with Crippen LogP contribution in [0.4, 0.5) is 5.69 Å². The van der Waals surface area contributed by atoms with Crippen LogP contribution in [-0.4, -0.2) is 23.4 Å². The lowest BCUT2D eigenvalue weighted by molar-refractivity contribution is 0.0554. The second-order valence-electron chi connectivity index (χ2n) is 5.79. The van der Waals surface area contributed by atoms with Crippen molar-refractivity contribution in [2.24, 2.45) is 0 Å². The standard InChI is InChI=1S/C15H23NO2/c1-11-7-8-12-5-4-6-13(14(12)16-11)18-10-9-15(2,3)17/h4-6,11,16-17H,7-10H2,1-3H3. The number of benzene rings is 1. The molecular weight excluding hydrogens is 226 g/mol. The van der Waals surface area contributed by atoms with E-state index in [1.807, 2.05) is 12.1 Å². The highest BCUT2D eigenvalue weighted by Gasteiger charge is 2.18. The molecule has 0 fully saturated rings. The zero-order chi connectivity index (χ0) is 13.2. The molecule has 1 unspecified atom stereocenters. The minimum absolute atomic E-state index is 0.497. The predicted molar refractivity (Wildman–Crippen MR) is 74.3 cm³/mol. The van der Waals surface area contributed by atoms with Gasteiger partial charge in [0.1, 0.15) is 5.75 Å². The Morgan fingerprint density at radius 2 is 2.22 bits per heavy atom. The quantitative estimate of drug-likeness (QED) is 0.862. The maximum atomic E-state index is 9.68.